The zero-order valence-electron chi connectivity index (χ0n) is 16.1. The smallest absolute Gasteiger partial charge is 0.253 e. The van der Waals surface area contributed by atoms with Gasteiger partial charge in [-0.05, 0) is 11.6 Å². The summed E-state index contributed by atoms with van der Waals surface area (Å²) < 4.78 is 11.6. The third-order valence-electron chi connectivity index (χ3n) is 4.67. The molecule has 1 aliphatic rings. The van der Waals surface area contributed by atoms with Gasteiger partial charge in [-0.25, -0.2) is 0 Å². The summed E-state index contributed by atoms with van der Waals surface area (Å²) in [5.74, 6) is -0.0698. The topological polar surface area (TPSA) is 169 Å². The lowest BCUT2D eigenvalue weighted by Crippen LogP contribution is -2.65. The number of hydrogen-bond donors (Lipinski definition) is 5. The van der Waals surface area contributed by atoms with Crippen LogP contribution in [0.15, 0.2) is 48.5 Å². The highest BCUT2D eigenvalue weighted by molar-refractivity contribution is 5.73. The largest absolute Gasteiger partial charge is 0.870 e. The molecule has 0 saturated carbocycles. The Morgan fingerprint density at radius 3 is 2.57 bits per heavy atom. The highest BCUT2D eigenvalue weighted by Gasteiger charge is 2.46. The molecule has 2 aromatic rings. The summed E-state index contributed by atoms with van der Waals surface area (Å²) in [5.41, 5.74) is 1.73. The summed E-state index contributed by atoms with van der Waals surface area (Å²) in [7, 11) is 0. The van der Waals surface area contributed by atoms with Crippen LogP contribution in [-0.4, -0.2) is 64.0 Å². The maximum Gasteiger partial charge on any atom is 0.253 e. The molecule has 1 aliphatic heterocycles. The molecule has 0 unspecified atom stereocenters. The van der Waals surface area contributed by atoms with Gasteiger partial charge in [0.1, 0.15) is 30.1 Å². The van der Waals surface area contributed by atoms with Gasteiger partial charge in [0.25, 0.3) is 5.69 Å². The average Bonchev–Trinajstić information content (AvgIpc) is 2.73. The summed E-state index contributed by atoms with van der Waals surface area (Å²) in [4.78, 5) is 22.6. The van der Waals surface area contributed by atoms with Crippen LogP contribution < -0.4 is 15.2 Å². The lowest BCUT2D eigenvalue weighted by Gasteiger charge is -2.42. The minimum Gasteiger partial charge on any atom is -0.870 e. The van der Waals surface area contributed by atoms with Crippen LogP contribution in [0.1, 0.15) is 6.92 Å². The zero-order chi connectivity index (χ0) is 21.0. The number of para-hydroxylation sites is 1. The maximum atomic E-state index is 11.6. The van der Waals surface area contributed by atoms with Crippen molar-refractivity contribution in [2.75, 3.05) is 6.61 Å². The fraction of sp³-hybridized carbons (Fsp3) is 0.350. The van der Waals surface area contributed by atoms with Crippen molar-refractivity contribution in [1.29, 1.82) is 0 Å². The molecule has 1 heterocycles. The highest BCUT2D eigenvalue weighted by atomic mass is 16.7. The number of rotatable bonds is 6. The molecule has 10 nitrogen and oxygen atoms in total. The summed E-state index contributed by atoms with van der Waals surface area (Å²) in [6, 6.07) is 12.7. The molecule has 30 heavy (non-hydrogen) atoms. The van der Waals surface area contributed by atoms with Gasteiger partial charge in [-0.3, -0.25) is 4.79 Å². The first-order valence-corrected chi connectivity index (χ1v) is 9.08. The van der Waals surface area contributed by atoms with E-state index in [0.717, 1.165) is 0 Å². The lowest BCUT2D eigenvalue weighted by atomic mass is 9.96. The molecule has 162 valence electrons. The molecule has 0 spiro atoms. The van der Waals surface area contributed by atoms with Crippen LogP contribution in [0.4, 0.5) is 5.69 Å². The van der Waals surface area contributed by atoms with Gasteiger partial charge < -0.3 is 35.6 Å². The molecule has 0 aliphatic carbocycles. The van der Waals surface area contributed by atoms with E-state index in [1.807, 2.05) is 5.18 Å². The minimum atomic E-state index is -1.41. The number of nitrogens with one attached hydrogen (secondary N) is 2. The molecule has 1 amide bonds. The molecule has 1 fully saturated rings. The predicted molar refractivity (Wildman–Crippen MR) is 104 cm³/mol. The third kappa shape index (κ3) is 4.99. The van der Waals surface area contributed by atoms with E-state index in [2.05, 4.69) is 5.32 Å². The highest BCUT2D eigenvalue weighted by Crippen LogP contribution is 2.33. The van der Waals surface area contributed by atoms with E-state index in [-0.39, 0.29) is 5.48 Å². The van der Waals surface area contributed by atoms with Crippen molar-refractivity contribution in [3.05, 3.63) is 53.4 Å². The summed E-state index contributed by atoms with van der Waals surface area (Å²) in [6.07, 6.45) is -5.06. The van der Waals surface area contributed by atoms with Gasteiger partial charge in [-0.15, -0.1) is 0 Å². The van der Waals surface area contributed by atoms with Crippen LogP contribution >= 0.6 is 0 Å². The summed E-state index contributed by atoms with van der Waals surface area (Å²) >= 11 is 0. The van der Waals surface area contributed by atoms with Crippen LogP contribution in [-0.2, 0) is 9.53 Å². The van der Waals surface area contributed by atoms with Crippen LogP contribution in [0.3, 0.4) is 0 Å². The first kappa shape index (κ1) is 23.4. The second-order valence-corrected chi connectivity index (χ2v) is 6.73. The molecule has 10 heteroatoms. The molecule has 5 atom stereocenters. The number of amides is 1. The van der Waals surface area contributed by atoms with Gasteiger partial charge in [0.2, 0.25) is 12.2 Å². The second kappa shape index (κ2) is 10.2. The number of nitroso groups, excluding NO2 is 1. The van der Waals surface area contributed by atoms with E-state index in [9.17, 15) is 25.0 Å². The van der Waals surface area contributed by atoms with Crippen molar-refractivity contribution in [2.45, 2.75) is 37.6 Å². The predicted octanol–water partition coefficient (Wildman–Crippen LogP) is -1.02. The summed E-state index contributed by atoms with van der Waals surface area (Å²) in [6.45, 7) is 0.730. The van der Waals surface area contributed by atoms with Crippen LogP contribution in [0.5, 0.6) is 5.75 Å². The number of ether oxygens (including phenoxy) is 2. The molecule has 6 N–H and O–H groups in total. The van der Waals surface area contributed by atoms with E-state index in [1.54, 1.807) is 48.5 Å². The van der Waals surface area contributed by atoms with Crippen molar-refractivity contribution in [3.8, 4) is 16.9 Å². The molecular formula is C20H24N2O8. The fourth-order valence-corrected chi connectivity index (χ4v) is 3.25. The Morgan fingerprint density at radius 2 is 1.90 bits per heavy atom. The van der Waals surface area contributed by atoms with E-state index in [4.69, 9.17) is 9.47 Å². The Kier molecular flexibility index (Phi) is 7.98. The standard InChI is InChI=1S/C20H22N2O7.H2O/c1-11(24)21-17-19(26)18(25)16(10-23)29-20(17)28-15-8-3-2-7-14(15)12-5-4-6-13(9-12)22-27;/h2-9,16-20,23,25-26H,10H2,1H3,(H,21,24);1H2/t16-,17-,18+,19-,20-;/m1./s1. The van der Waals surface area contributed by atoms with E-state index < -0.39 is 43.2 Å². The zero-order valence-corrected chi connectivity index (χ0v) is 16.1. The average molecular weight is 420 g/mol. The van der Waals surface area contributed by atoms with E-state index in [1.165, 1.54) is 6.92 Å². The third-order valence-corrected chi connectivity index (χ3v) is 4.67. The normalized spacial score (nSPS) is 25.7. The lowest BCUT2D eigenvalue weighted by molar-refractivity contribution is -0.379. The van der Waals surface area contributed by atoms with Crippen molar-refractivity contribution in [1.82, 2.24) is 5.32 Å². The van der Waals surface area contributed by atoms with Crippen molar-refractivity contribution in [2.24, 2.45) is 0 Å². The van der Waals surface area contributed by atoms with Crippen molar-refractivity contribution < 1.29 is 40.2 Å². The van der Waals surface area contributed by atoms with Crippen LogP contribution in [0.25, 0.3) is 11.1 Å². The number of carbonyl (C=O) groups is 1. The van der Waals surface area contributed by atoms with E-state index in [0.29, 0.717) is 22.6 Å². The number of carbonyl (C=O) groups excluding carboxylic acids is 1. The van der Waals surface area contributed by atoms with Crippen molar-refractivity contribution in [3.63, 3.8) is 0 Å². The second-order valence-electron chi connectivity index (χ2n) is 6.73. The first-order chi connectivity index (χ1) is 13.9. The summed E-state index contributed by atoms with van der Waals surface area (Å²) in [5, 5.41) is 34.3. The van der Waals surface area contributed by atoms with Gasteiger partial charge in [-0.2, -0.15) is 0 Å². The minimum absolute atomic E-state index is 0. The van der Waals surface area contributed by atoms with Crippen LogP contribution in [0, 0.1) is 4.91 Å². The number of hydrogen-bond acceptors (Lipinski definition) is 8. The number of aliphatic hydroxyl groups is 3. The van der Waals surface area contributed by atoms with Crippen LogP contribution in [0.2, 0.25) is 0 Å². The Labute approximate surface area is 172 Å². The monoisotopic (exact) mass is 420 g/mol. The molecule has 0 aromatic heterocycles. The Morgan fingerprint density at radius 1 is 1.17 bits per heavy atom. The fourth-order valence-electron chi connectivity index (χ4n) is 3.25. The van der Waals surface area contributed by atoms with Gasteiger partial charge in [0.15, 0.2) is 0 Å². The molecule has 3 rings (SSSR count). The molecule has 1 saturated heterocycles. The van der Waals surface area contributed by atoms with E-state index >= 15 is 0 Å². The van der Waals surface area contributed by atoms with Gasteiger partial charge >= 0.3 is 0 Å². The first-order valence-electron chi connectivity index (χ1n) is 9.08. The maximum absolute atomic E-state index is 11.6. The molecular weight excluding hydrogens is 396 g/mol. The Bertz CT molecular complexity index is 877. The number of aliphatic hydroxyl groups excluding tert-OH is 3. The molecule has 0 bridgehead atoms. The Hall–Kier alpha value is -2.89. The Balaban J connectivity index is 0.00000320. The SMILES string of the molecule is CC(=O)N[C@H]1[C@H](Oc2ccccc2-c2cccc([NH+]=O)c2)O[C@H](CO)[C@H](O)[C@@H]1O.[OH-]. The van der Waals surface area contributed by atoms with Crippen molar-refractivity contribution >= 4 is 11.6 Å². The molecule has 0 radical (unpaired) electrons. The number of benzene rings is 2. The quantitative estimate of drug-likeness (QED) is 0.395. The van der Waals surface area contributed by atoms with Gasteiger partial charge in [-0.1, -0.05) is 30.3 Å². The van der Waals surface area contributed by atoms with Gasteiger partial charge in [0.05, 0.1) is 6.61 Å². The molecule has 2 aromatic carbocycles. The van der Waals surface area contributed by atoms with Gasteiger partial charge in [0, 0.05) is 34.7 Å².